The number of imidazole rings is 1. The highest BCUT2D eigenvalue weighted by atomic mass is 16.2. The molecule has 12 heteroatoms. The highest BCUT2D eigenvalue weighted by molar-refractivity contribution is 5.84. The molecular formula is C32H35N11O. The van der Waals surface area contributed by atoms with E-state index in [1.165, 1.54) is 5.56 Å². The number of anilines is 3. The second-order valence-corrected chi connectivity index (χ2v) is 11.3. The fraction of sp³-hybridized carbons (Fsp3) is 0.312. The molecule has 44 heavy (non-hydrogen) atoms. The number of amides is 1. The van der Waals surface area contributed by atoms with Gasteiger partial charge < -0.3 is 20.4 Å². The zero-order valence-electron chi connectivity index (χ0n) is 24.7. The van der Waals surface area contributed by atoms with E-state index in [-0.39, 0.29) is 5.91 Å². The molecule has 2 aliphatic heterocycles. The molecule has 2 aliphatic rings. The third-order valence-corrected chi connectivity index (χ3v) is 8.48. The molecule has 0 spiro atoms. The fourth-order valence-corrected chi connectivity index (χ4v) is 5.93. The third kappa shape index (κ3) is 5.51. The largest absolute Gasteiger partial charge is 0.383 e. The number of fused-ring (bicyclic) bond motifs is 1. The molecule has 2 saturated heterocycles. The average Bonchev–Trinajstić information content (AvgIpc) is 3.35. The first-order valence-corrected chi connectivity index (χ1v) is 15.0. The highest BCUT2D eigenvalue weighted by Crippen LogP contribution is 2.32. The number of nitrogens with two attached hydrogens (primary N) is 1. The normalized spacial score (nSPS) is 16.5. The molecule has 5 aromatic rings. The molecule has 6 heterocycles. The quantitative estimate of drug-likeness (QED) is 0.316. The van der Waals surface area contributed by atoms with Crippen molar-refractivity contribution in [2.24, 2.45) is 0 Å². The van der Waals surface area contributed by atoms with Crippen LogP contribution in [0.5, 0.6) is 0 Å². The van der Waals surface area contributed by atoms with Gasteiger partial charge in [0, 0.05) is 83.9 Å². The van der Waals surface area contributed by atoms with Crippen molar-refractivity contribution in [2.45, 2.75) is 13.0 Å². The number of nitrogen functional groups attached to an aromatic ring is 1. The molecule has 12 nitrogen and oxygen atoms in total. The summed E-state index contributed by atoms with van der Waals surface area (Å²) in [6, 6.07) is 18.3. The summed E-state index contributed by atoms with van der Waals surface area (Å²) in [4.78, 5) is 43.9. The molecule has 224 valence electrons. The number of benzene rings is 1. The Morgan fingerprint density at radius 1 is 0.795 bits per heavy atom. The summed E-state index contributed by atoms with van der Waals surface area (Å²) in [5.74, 6) is 3.06. The summed E-state index contributed by atoms with van der Waals surface area (Å²) >= 11 is 0. The van der Waals surface area contributed by atoms with Gasteiger partial charge in [0.25, 0.3) is 0 Å². The van der Waals surface area contributed by atoms with Crippen LogP contribution < -0.4 is 15.5 Å². The SMILES string of the molecule is CN1CCN(c2ccc3nc(-c4cccnc4N)n(-c4ccc(CN5CCN(c6ccncn6)CC5)cc4)c3n2)CCC1=O. The van der Waals surface area contributed by atoms with Crippen molar-refractivity contribution in [2.75, 3.05) is 68.4 Å². The molecular weight excluding hydrogens is 554 g/mol. The zero-order valence-corrected chi connectivity index (χ0v) is 24.7. The van der Waals surface area contributed by atoms with Crippen LogP contribution in [0.3, 0.4) is 0 Å². The number of nitrogens with zero attached hydrogens (tertiary/aromatic N) is 10. The Morgan fingerprint density at radius 3 is 2.36 bits per heavy atom. The maximum atomic E-state index is 12.3. The van der Waals surface area contributed by atoms with Crippen LogP contribution in [0.25, 0.3) is 28.2 Å². The lowest BCUT2D eigenvalue weighted by molar-refractivity contribution is -0.129. The van der Waals surface area contributed by atoms with E-state index in [9.17, 15) is 4.79 Å². The minimum atomic E-state index is 0.153. The Balaban J connectivity index is 1.17. The number of hydrogen-bond acceptors (Lipinski definition) is 10. The van der Waals surface area contributed by atoms with Crippen LogP contribution in [-0.2, 0) is 11.3 Å². The summed E-state index contributed by atoms with van der Waals surface area (Å²) < 4.78 is 2.06. The number of likely N-dealkylation sites (N-methyl/N-ethyl adjacent to an activating group) is 1. The van der Waals surface area contributed by atoms with Crippen LogP contribution in [0.15, 0.2) is 73.3 Å². The molecule has 2 fully saturated rings. The van der Waals surface area contributed by atoms with E-state index in [0.717, 1.165) is 73.3 Å². The lowest BCUT2D eigenvalue weighted by Gasteiger charge is -2.35. The van der Waals surface area contributed by atoms with Crippen LogP contribution in [-0.4, -0.2) is 98.1 Å². The van der Waals surface area contributed by atoms with E-state index < -0.39 is 0 Å². The van der Waals surface area contributed by atoms with Crippen molar-refractivity contribution in [1.82, 2.24) is 39.3 Å². The van der Waals surface area contributed by atoms with E-state index >= 15 is 0 Å². The Kier molecular flexibility index (Phi) is 7.49. The maximum Gasteiger partial charge on any atom is 0.224 e. The molecule has 7 rings (SSSR count). The number of carbonyl (C=O) groups is 1. The van der Waals surface area contributed by atoms with Crippen molar-refractivity contribution in [3.63, 3.8) is 0 Å². The topological polar surface area (TPSA) is 125 Å². The standard InChI is InChI=1S/C32H35N11O/c1-39-15-18-41(14-11-29(39)44)28-9-8-26-32(38-28)43(31(37-26)25-3-2-12-35-30(25)33)24-6-4-23(5-7-24)21-40-16-19-42(20-17-40)27-10-13-34-22-36-27/h2-10,12-13,22H,11,14-21H2,1H3,(H2,33,35). The van der Waals surface area contributed by atoms with Crippen LogP contribution >= 0.6 is 0 Å². The van der Waals surface area contributed by atoms with Gasteiger partial charge in [-0.05, 0) is 48.0 Å². The molecule has 4 aromatic heterocycles. The van der Waals surface area contributed by atoms with E-state index in [1.54, 1.807) is 23.6 Å². The van der Waals surface area contributed by atoms with Crippen molar-refractivity contribution in [1.29, 1.82) is 0 Å². The van der Waals surface area contributed by atoms with Crippen LogP contribution in [0.4, 0.5) is 17.5 Å². The minimum absolute atomic E-state index is 0.153. The first-order valence-electron chi connectivity index (χ1n) is 15.0. The van der Waals surface area contributed by atoms with Crippen molar-refractivity contribution in [3.8, 4) is 17.1 Å². The number of carbonyl (C=O) groups excluding carboxylic acids is 1. The van der Waals surface area contributed by atoms with Gasteiger partial charge in [0.15, 0.2) is 11.5 Å². The number of aromatic nitrogens is 6. The van der Waals surface area contributed by atoms with Crippen molar-refractivity contribution < 1.29 is 4.79 Å². The Morgan fingerprint density at radius 2 is 1.59 bits per heavy atom. The lowest BCUT2D eigenvalue weighted by atomic mass is 10.1. The van der Waals surface area contributed by atoms with E-state index in [4.69, 9.17) is 15.7 Å². The number of rotatable bonds is 6. The first-order chi connectivity index (χ1) is 21.5. The van der Waals surface area contributed by atoms with Gasteiger partial charge in [0.05, 0.1) is 5.56 Å². The molecule has 1 aromatic carbocycles. The highest BCUT2D eigenvalue weighted by Gasteiger charge is 2.23. The predicted molar refractivity (Wildman–Crippen MR) is 170 cm³/mol. The summed E-state index contributed by atoms with van der Waals surface area (Å²) in [5, 5.41) is 0. The van der Waals surface area contributed by atoms with Gasteiger partial charge >= 0.3 is 0 Å². The van der Waals surface area contributed by atoms with Crippen LogP contribution in [0.1, 0.15) is 12.0 Å². The zero-order chi connectivity index (χ0) is 30.0. The Hall–Kier alpha value is -5.10. The molecule has 0 radical (unpaired) electrons. The minimum Gasteiger partial charge on any atom is -0.383 e. The molecule has 0 unspecified atom stereocenters. The summed E-state index contributed by atoms with van der Waals surface area (Å²) in [7, 11) is 1.85. The molecule has 2 N–H and O–H groups in total. The average molecular weight is 590 g/mol. The number of pyridine rings is 2. The summed E-state index contributed by atoms with van der Waals surface area (Å²) in [6.45, 7) is 6.67. The van der Waals surface area contributed by atoms with Gasteiger partial charge in [-0.15, -0.1) is 0 Å². The molecule has 0 aliphatic carbocycles. The summed E-state index contributed by atoms with van der Waals surface area (Å²) in [5.41, 5.74) is 10.8. The predicted octanol–water partition coefficient (Wildman–Crippen LogP) is 2.85. The van der Waals surface area contributed by atoms with Crippen LogP contribution in [0.2, 0.25) is 0 Å². The third-order valence-electron chi connectivity index (χ3n) is 8.48. The Bertz CT molecular complexity index is 1760. The van der Waals surface area contributed by atoms with Crippen LogP contribution in [0, 0.1) is 0 Å². The van der Waals surface area contributed by atoms with E-state index in [0.29, 0.717) is 31.2 Å². The summed E-state index contributed by atoms with van der Waals surface area (Å²) in [6.07, 6.45) is 5.54. The lowest BCUT2D eigenvalue weighted by Crippen LogP contribution is -2.46. The Labute approximate surface area is 255 Å². The molecule has 0 bridgehead atoms. The van der Waals surface area contributed by atoms with Gasteiger partial charge in [0.1, 0.15) is 29.3 Å². The van der Waals surface area contributed by atoms with Gasteiger partial charge in [-0.3, -0.25) is 14.3 Å². The second kappa shape index (κ2) is 11.9. The monoisotopic (exact) mass is 589 g/mol. The molecule has 1 amide bonds. The van der Waals surface area contributed by atoms with Crippen molar-refractivity contribution in [3.05, 3.63) is 78.9 Å². The number of piperazine rings is 1. The van der Waals surface area contributed by atoms with Gasteiger partial charge in [0.2, 0.25) is 5.91 Å². The smallest absolute Gasteiger partial charge is 0.224 e. The van der Waals surface area contributed by atoms with Gasteiger partial charge in [-0.25, -0.2) is 24.9 Å². The van der Waals surface area contributed by atoms with E-state index in [2.05, 4.69) is 58.5 Å². The maximum absolute atomic E-state index is 12.3. The van der Waals surface area contributed by atoms with Crippen molar-refractivity contribution >= 4 is 34.5 Å². The van der Waals surface area contributed by atoms with Gasteiger partial charge in [-0.2, -0.15) is 0 Å². The van der Waals surface area contributed by atoms with E-state index in [1.807, 2.05) is 37.4 Å². The molecule has 0 atom stereocenters. The fourth-order valence-electron chi connectivity index (χ4n) is 5.93. The first kappa shape index (κ1) is 27.7. The number of hydrogen-bond donors (Lipinski definition) is 1. The second-order valence-electron chi connectivity index (χ2n) is 11.3. The van der Waals surface area contributed by atoms with Gasteiger partial charge in [-0.1, -0.05) is 12.1 Å². The molecule has 0 saturated carbocycles.